The molecule has 1 N–H and O–H groups in total. The predicted molar refractivity (Wildman–Crippen MR) is 109 cm³/mol. The molecule has 3 aromatic rings. The molecule has 5 heteroatoms. The zero-order chi connectivity index (χ0) is 19.8. The number of methoxy groups -OCH3 is 1. The third kappa shape index (κ3) is 5.86. The van der Waals surface area contributed by atoms with Gasteiger partial charge in [0.2, 0.25) is 5.91 Å². The lowest BCUT2D eigenvalue weighted by Gasteiger charge is -2.10. The zero-order valence-electron chi connectivity index (χ0n) is 16.0. The number of anilines is 1. The number of ether oxygens (including phenoxy) is 3. The summed E-state index contributed by atoms with van der Waals surface area (Å²) < 4.78 is 16.5. The number of carbonyl (C=O) groups excluding carboxylic acids is 1. The average Bonchev–Trinajstić information content (AvgIpc) is 2.70. The van der Waals surface area contributed by atoms with Crippen LogP contribution in [-0.4, -0.2) is 19.6 Å². The normalized spacial score (nSPS) is 10.4. The summed E-state index contributed by atoms with van der Waals surface area (Å²) >= 11 is 0. The summed E-state index contributed by atoms with van der Waals surface area (Å²) in [6.45, 7) is 2.49. The van der Waals surface area contributed by atoms with Crippen LogP contribution in [0.4, 0.5) is 5.69 Å². The highest BCUT2D eigenvalue weighted by Crippen LogP contribution is 2.26. The second kappa shape index (κ2) is 9.58. The Labute approximate surface area is 164 Å². The maximum Gasteiger partial charge on any atom is 0.250 e. The van der Waals surface area contributed by atoms with E-state index in [1.165, 1.54) is 12.7 Å². The molecule has 0 heterocycles. The van der Waals surface area contributed by atoms with Crippen molar-refractivity contribution in [2.24, 2.45) is 0 Å². The largest absolute Gasteiger partial charge is 0.489 e. The molecule has 3 aromatic carbocycles. The van der Waals surface area contributed by atoms with Crippen LogP contribution < -0.4 is 14.8 Å². The Hall–Kier alpha value is -3.31. The summed E-state index contributed by atoms with van der Waals surface area (Å²) in [6, 6.07) is 22.9. The smallest absolute Gasteiger partial charge is 0.250 e. The van der Waals surface area contributed by atoms with Crippen LogP contribution in [0.1, 0.15) is 11.1 Å². The molecule has 0 aliphatic heterocycles. The predicted octanol–water partition coefficient (Wildman–Crippen LogP) is 4.95. The molecule has 3 rings (SSSR count). The van der Waals surface area contributed by atoms with Crippen molar-refractivity contribution in [2.45, 2.75) is 13.5 Å². The van der Waals surface area contributed by atoms with E-state index in [0.29, 0.717) is 6.61 Å². The molecule has 0 bridgehead atoms. The van der Waals surface area contributed by atoms with Gasteiger partial charge < -0.3 is 19.5 Å². The standard InChI is InChI=1S/C23H23NO4/c1-17-6-12-20(13-7-17)28-22-5-3-4-21(14-22)27-15-18-8-10-19(11-9-18)24-23(25)16-26-2/h3-14H,15-16H2,1-2H3,(H,24,25). The SMILES string of the molecule is COCC(=O)Nc1ccc(COc2cccc(Oc3ccc(C)cc3)c2)cc1. The maximum absolute atomic E-state index is 11.5. The lowest BCUT2D eigenvalue weighted by atomic mass is 10.2. The fraction of sp³-hybridized carbons (Fsp3) is 0.174. The number of amides is 1. The van der Waals surface area contributed by atoms with Crippen LogP contribution in [0.25, 0.3) is 0 Å². The molecule has 0 radical (unpaired) electrons. The van der Waals surface area contributed by atoms with Crippen LogP contribution in [0.3, 0.4) is 0 Å². The number of hydrogen-bond acceptors (Lipinski definition) is 4. The lowest BCUT2D eigenvalue weighted by molar-refractivity contribution is -0.119. The van der Waals surface area contributed by atoms with E-state index in [-0.39, 0.29) is 12.5 Å². The van der Waals surface area contributed by atoms with Crippen LogP contribution in [0, 0.1) is 6.92 Å². The summed E-state index contributed by atoms with van der Waals surface area (Å²) in [5.74, 6) is 2.05. The Morgan fingerprint density at radius 2 is 1.61 bits per heavy atom. The molecule has 0 aliphatic rings. The second-order valence-corrected chi connectivity index (χ2v) is 6.36. The van der Waals surface area contributed by atoms with Gasteiger partial charge in [0, 0.05) is 18.9 Å². The summed E-state index contributed by atoms with van der Waals surface area (Å²) in [4.78, 5) is 11.5. The van der Waals surface area contributed by atoms with E-state index in [4.69, 9.17) is 14.2 Å². The first-order chi connectivity index (χ1) is 13.6. The van der Waals surface area contributed by atoms with Crippen molar-refractivity contribution in [1.82, 2.24) is 0 Å². The minimum absolute atomic E-state index is 0.0336. The first kappa shape index (κ1) is 19.5. The summed E-state index contributed by atoms with van der Waals surface area (Å²) in [5.41, 5.74) is 2.91. The van der Waals surface area contributed by atoms with Gasteiger partial charge in [-0.05, 0) is 48.9 Å². The number of benzene rings is 3. The molecule has 5 nitrogen and oxygen atoms in total. The summed E-state index contributed by atoms with van der Waals surface area (Å²) in [6.07, 6.45) is 0. The quantitative estimate of drug-likeness (QED) is 0.603. The highest BCUT2D eigenvalue weighted by Gasteiger charge is 2.03. The average molecular weight is 377 g/mol. The van der Waals surface area contributed by atoms with E-state index < -0.39 is 0 Å². The van der Waals surface area contributed by atoms with Crippen molar-refractivity contribution < 1.29 is 19.0 Å². The van der Waals surface area contributed by atoms with Crippen LogP contribution >= 0.6 is 0 Å². The Kier molecular flexibility index (Phi) is 6.65. The molecule has 0 saturated carbocycles. The maximum atomic E-state index is 11.5. The molecular formula is C23H23NO4. The third-order valence-corrected chi connectivity index (χ3v) is 3.98. The van der Waals surface area contributed by atoms with Crippen molar-refractivity contribution in [3.8, 4) is 17.2 Å². The Bertz CT molecular complexity index is 905. The van der Waals surface area contributed by atoms with E-state index >= 15 is 0 Å². The minimum atomic E-state index is -0.183. The third-order valence-electron chi connectivity index (χ3n) is 3.98. The van der Waals surface area contributed by atoms with Crippen LogP contribution in [0.2, 0.25) is 0 Å². The van der Waals surface area contributed by atoms with Crippen molar-refractivity contribution in [3.63, 3.8) is 0 Å². The minimum Gasteiger partial charge on any atom is -0.489 e. The Morgan fingerprint density at radius 3 is 2.32 bits per heavy atom. The van der Waals surface area contributed by atoms with Gasteiger partial charge in [0.05, 0.1) is 0 Å². The van der Waals surface area contributed by atoms with Crippen molar-refractivity contribution in [3.05, 3.63) is 83.9 Å². The van der Waals surface area contributed by atoms with Crippen molar-refractivity contribution in [2.75, 3.05) is 19.0 Å². The first-order valence-corrected chi connectivity index (χ1v) is 8.97. The van der Waals surface area contributed by atoms with Crippen LogP contribution in [0.15, 0.2) is 72.8 Å². The van der Waals surface area contributed by atoms with Gasteiger partial charge >= 0.3 is 0 Å². The number of carbonyl (C=O) groups is 1. The molecule has 0 atom stereocenters. The van der Waals surface area contributed by atoms with Crippen LogP contribution in [-0.2, 0) is 16.1 Å². The van der Waals surface area contributed by atoms with E-state index in [9.17, 15) is 4.79 Å². The highest BCUT2D eigenvalue weighted by atomic mass is 16.5. The van der Waals surface area contributed by atoms with E-state index in [1.807, 2.05) is 79.7 Å². The van der Waals surface area contributed by atoms with Gasteiger partial charge in [-0.3, -0.25) is 4.79 Å². The molecule has 0 aliphatic carbocycles. The van der Waals surface area contributed by atoms with Crippen LogP contribution in [0.5, 0.6) is 17.2 Å². The zero-order valence-corrected chi connectivity index (χ0v) is 16.0. The Morgan fingerprint density at radius 1 is 0.893 bits per heavy atom. The van der Waals surface area contributed by atoms with Gasteiger partial charge in [-0.1, -0.05) is 35.9 Å². The topological polar surface area (TPSA) is 56.8 Å². The second-order valence-electron chi connectivity index (χ2n) is 6.36. The van der Waals surface area contributed by atoms with Gasteiger partial charge in [0.1, 0.15) is 30.5 Å². The first-order valence-electron chi connectivity index (χ1n) is 8.97. The van der Waals surface area contributed by atoms with Gasteiger partial charge in [0.25, 0.3) is 0 Å². The number of nitrogens with one attached hydrogen (secondary N) is 1. The molecule has 0 spiro atoms. The van der Waals surface area contributed by atoms with Gasteiger partial charge in [-0.25, -0.2) is 0 Å². The molecule has 144 valence electrons. The van der Waals surface area contributed by atoms with Gasteiger partial charge in [-0.15, -0.1) is 0 Å². The molecule has 0 fully saturated rings. The molecule has 0 aromatic heterocycles. The van der Waals surface area contributed by atoms with Gasteiger partial charge in [-0.2, -0.15) is 0 Å². The number of hydrogen-bond donors (Lipinski definition) is 1. The monoisotopic (exact) mass is 377 g/mol. The molecule has 0 unspecified atom stereocenters. The molecule has 1 amide bonds. The summed E-state index contributed by atoms with van der Waals surface area (Å²) in [5, 5.41) is 2.76. The number of aryl methyl sites for hydroxylation is 1. The molecule has 0 saturated heterocycles. The molecule has 28 heavy (non-hydrogen) atoms. The highest BCUT2D eigenvalue weighted by molar-refractivity contribution is 5.91. The molecular weight excluding hydrogens is 354 g/mol. The summed E-state index contributed by atoms with van der Waals surface area (Å²) in [7, 11) is 1.49. The number of rotatable bonds is 8. The lowest BCUT2D eigenvalue weighted by Crippen LogP contribution is -2.16. The van der Waals surface area contributed by atoms with Crippen molar-refractivity contribution in [1.29, 1.82) is 0 Å². The fourth-order valence-electron chi connectivity index (χ4n) is 2.55. The van der Waals surface area contributed by atoms with E-state index in [0.717, 1.165) is 28.5 Å². The van der Waals surface area contributed by atoms with E-state index in [2.05, 4.69) is 5.32 Å². The Balaban J connectivity index is 1.55. The fourth-order valence-corrected chi connectivity index (χ4v) is 2.55. The van der Waals surface area contributed by atoms with Crippen molar-refractivity contribution >= 4 is 11.6 Å². The van der Waals surface area contributed by atoms with Gasteiger partial charge in [0.15, 0.2) is 0 Å². The van der Waals surface area contributed by atoms with E-state index in [1.54, 1.807) is 0 Å².